The molecule has 5 rings (SSSR count). The van der Waals surface area contributed by atoms with Gasteiger partial charge in [-0.25, -0.2) is 17.9 Å². The molecule has 742 valence electrons. The number of hydrogen-bond donors (Lipinski definition) is 5. The number of aryl methyl sites for hydroxylation is 1. The molecule has 0 saturated carbocycles. The SMILES string of the molecule is C#CCOCCOCCOCCOCCC(=O)N(CC(=O)NCCN=C/C(COCCOCCOCCOCCOCCOCCOCCCCN[C@H]1CCN(c2nc3cc([C@@H]4CCCCN4C(=O)c4cc(Cl)ccc4NS(C)(=O)=O)nn3cc2C)C1)=N\N)CC(=O)NCCOCCOCCOCCOCCOCCOCCOCCOCCOCCOCCOCCOC. The summed E-state index contributed by atoms with van der Waals surface area (Å²) in [5.41, 5.74) is 3.16. The third-order valence-corrected chi connectivity index (χ3v) is 19.7. The van der Waals surface area contributed by atoms with Crippen molar-refractivity contribution in [2.75, 3.05) is 379 Å². The third-order valence-electron chi connectivity index (χ3n) is 18.8. The summed E-state index contributed by atoms with van der Waals surface area (Å²) in [6, 6.07) is 6.53. The van der Waals surface area contributed by atoms with E-state index in [1.54, 1.807) is 22.6 Å². The topological polar surface area (TPSA) is 453 Å². The Morgan fingerprint density at radius 3 is 1.47 bits per heavy atom. The van der Waals surface area contributed by atoms with E-state index in [1.807, 2.05) is 19.2 Å². The van der Waals surface area contributed by atoms with Crippen LogP contribution in [0.15, 0.2) is 40.6 Å². The van der Waals surface area contributed by atoms with Gasteiger partial charge in [0.05, 0.1) is 326 Å². The van der Waals surface area contributed by atoms with Gasteiger partial charge in [-0.15, -0.1) is 6.42 Å². The molecule has 4 heterocycles. The van der Waals surface area contributed by atoms with Gasteiger partial charge in [-0.05, 0) is 70.2 Å². The third kappa shape index (κ3) is 57.8. The molecule has 1 aromatic carbocycles. The number of likely N-dealkylation sites (tertiary alicyclic amines) is 1. The van der Waals surface area contributed by atoms with Gasteiger partial charge in [0, 0.05) is 81.5 Å². The predicted octanol–water partition coefficient (Wildman–Crippen LogP) is 1.86. The lowest BCUT2D eigenvalue weighted by Crippen LogP contribution is -2.46. The van der Waals surface area contributed by atoms with Gasteiger partial charge in [0.1, 0.15) is 31.2 Å². The van der Waals surface area contributed by atoms with Gasteiger partial charge in [-0.3, -0.25) is 28.9 Å². The quantitative estimate of drug-likeness (QED) is 0.0177. The molecule has 6 N–H and O–H groups in total. The molecule has 42 nitrogen and oxygen atoms in total. The zero-order chi connectivity index (χ0) is 92.9. The van der Waals surface area contributed by atoms with E-state index in [0.717, 1.165) is 80.0 Å². The highest BCUT2D eigenvalue weighted by atomic mass is 35.5. The number of hydrogen-bond acceptors (Lipinski definition) is 36. The molecule has 0 radical (unpaired) electrons. The fourth-order valence-corrected chi connectivity index (χ4v) is 13.2. The van der Waals surface area contributed by atoms with Crippen LogP contribution >= 0.6 is 11.6 Å². The number of piperidine rings is 1. The lowest BCUT2D eigenvalue weighted by atomic mass is 9.98. The molecule has 0 unspecified atom stereocenters. The number of hydrazone groups is 1. The summed E-state index contributed by atoms with van der Waals surface area (Å²) in [5.74, 6) is 7.11. The molecule has 2 aliphatic rings. The molecule has 2 fully saturated rings. The Balaban J connectivity index is 0.781. The smallest absolute Gasteiger partial charge is 0.256 e. The van der Waals surface area contributed by atoms with Gasteiger partial charge in [-0.2, -0.15) is 10.2 Å². The molecule has 0 spiro atoms. The minimum Gasteiger partial charge on any atom is -0.382 e. The summed E-state index contributed by atoms with van der Waals surface area (Å²) >= 11 is 6.30. The maximum Gasteiger partial charge on any atom is 0.256 e. The number of aliphatic imine (C=N–C) groups is 1. The van der Waals surface area contributed by atoms with Crippen LogP contribution in [0.1, 0.15) is 72.6 Å². The number of benzene rings is 1. The highest BCUT2D eigenvalue weighted by Crippen LogP contribution is 2.35. The molecular weight excluding hydrogens is 1750 g/mol. The molecule has 2 atom stereocenters. The summed E-state index contributed by atoms with van der Waals surface area (Å²) in [5, 5.41) is 18.1. The van der Waals surface area contributed by atoms with Crippen LogP contribution in [0.4, 0.5) is 11.5 Å². The number of methoxy groups -OCH3 is 1. The summed E-state index contributed by atoms with van der Waals surface area (Å²) in [6.45, 7) is 22.7. The number of halogens is 1. The van der Waals surface area contributed by atoms with Crippen molar-refractivity contribution in [2.45, 2.75) is 64.0 Å². The predicted molar refractivity (Wildman–Crippen MR) is 484 cm³/mol. The van der Waals surface area contributed by atoms with Crippen molar-refractivity contribution < 1.29 is 137 Å². The molecule has 0 aliphatic carbocycles. The van der Waals surface area contributed by atoms with Crippen LogP contribution in [0.2, 0.25) is 5.02 Å². The van der Waals surface area contributed by atoms with E-state index in [9.17, 15) is 27.6 Å². The fraction of sp³-hybridized carbons (Fsp3) is 0.767. The van der Waals surface area contributed by atoms with Crippen LogP contribution in [-0.4, -0.2) is 444 Å². The number of unbranched alkanes of at least 4 members (excludes halogenated alkanes) is 1. The van der Waals surface area contributed by atoms with Crippen LogP contribution in [0.3, 0.4) is 0 Å². The van der Waals surface area contributed by atoms with Crippen molar-refractivity contribution in [2.24, 2.45) is 15.9 Å². The first-order valence-corrected chi connectivity index (χ1v) is 47.1. The first kappa shape index (κ1) is 114. The zero-order valence-corrected chi connectivity index (χ0v) is 78.2. The number of amides is 4. The largest absolute Gasteiger partial charge is 0.382 e. The zero-order valence-electron chi connectivity index (χ0n) is 76.6. The Hall–Kier alpha value is -6.70. The van der Waals surface area contributed by atoms with E-state index >= 15 is 0 Å². The minimum absolute atomic E-state index is 0.0350. The van der Waals surface area contributed by atoms with E-state index in [-0.39, 0.29) is 115 Å². The summed E-state index contributed by atoms with van der Waals surface area (Å²) in [6.07, 6.45) is 14.9. The van der Waals surface area contributed by atoms with Crippen LogP contribution in [-0.2, 0) is 133 Å². The normalized spacial score (nSPS) is 14.4. The van der Waals surface area contributed by atoms with Gasteiger partial charge < -0.3 is 145 Å². The number of terminal acetylenes is 1. The highest BCUT2D eigenvalue weighted by molar-refractivity contribution is 7.92. The number of sulfonamides is 1. The van der Waals surface area contributed by atoms with Crippen LogP contribution in [0.5, 0.6) is 0 Å². The molecule has 130 heavy (non-hydrogen) atoms. The number of carbonyl (C=O) groups excluding carboxylic acids is 4. The summed E-state index contributed by atoms with van der Waals surface area (Å²) < 4.78 is 155. The number of nitrogens with two attached hydrogens (primary N) is 1. The average molecular weight is 1890 g/mol. The molecule has 2 saturated heterocycles. The molecule has 0 bridgehead atoms. The number of fused-ring (bicyclic) bond motifs is 1. The number of nitrogens with one attached hydrogen (secondary N) is 4. The Kier molecular flexibility index (Phi) is 67.9. The number of carbonyl (C=O) groups is 4. The number of rotatable bonds is 88. The van der Waals surface area contributed by atoms with Crippen molar-refractivity contribution in [3.63, 3.8) is 0 Å². The summed E-state index contributed by atoms with van der Waals surface area (Å²) in [7, 11) is -2.01. The van der Waals surface area contributed by atoms with E-state index in [4.69, 9.17) is 143 Å². The van der Waals surface area contributed by atoms with E-state index in [0.29, 0.717) is 280 Å². The van der Waals surface area contributed by atoms with Crippen molar-refractivity contribution in [1.29, 1.82) is 0 Å². The van der Waals surface area contributed by atoms with Gasteiger partial charge in [-0.1, -0.05) is 17.5 Å². The van der Waals surface area contributed by atoms with Crippen molar-refractivity contribution in [1.82, 2.24) is 40.3 Å². The molecule has 4 amide bonds. The summed E-state index contributed by atoms with van der Waals surface area (Å²) in [4.78, 5) is 68.2. The molecular formula is C86H146ClN13O29S. The second kappa shape index (κ2) is 77.6. The Labute approximate surface area is 771 Å². The van der Waals surface area contributed by atoms with E-state index in [1.165, 1.54) is 18.3 Å². The lowest BCUT2D eigenvalue weighted by molar-refractivity contribution is -0.140. The second-order valence-electron chi connectivity index (χ2n) is 29.2. The van der Waals surface area contributed by atoms with Gasteiger partial charge in [0.2, 0.25) is 27.7 Å². The first-order chi connectivity index (χ1) is 63.7. The monoisotopic (exact) mass is 1890 g/mol. The van der Waals surface area contributed by atoms with Crippen molar-refractivity contribution >= 4 is 74.3 Å². The Bertz CT molecular complexity index is 3620. The number of anilines is 2. The molecule has 44 heteroatoms. The van der Waals surface area contributed by atoms with Crippen molar-refractivity contribution in [3.05, 3.63) is 52.3 Å². The van der Waals surface area contributed by atoms with E-state index < -0.39 is 27.7 Å². The maximum absolute atomic E-state index is 14.1. The molecule has 3 aromatic rings. The van der Waals surface area contributed by atoms with Crippen molar-refractivity contribution in [3.8, 4) is 12.3 Å². The standard InChI is InChI=1S/C86H146ClN13O29S/c1-5-21-108-27-31-113-37-39-115-33-29-110-23-14-84(103)98(71-83(102)92-18-24-111-30-34-116-40-42-119-46-48-121-51-52-123-55-56-125-58-57-124-54-53-122-50-49-120-44-43-117-36-35-112-26-25-107-3)70-82(101)91-17-16-89-67-76(94-88)72-129-64-63-128-62-61-127-60-59-126-47-45-118-41-38-114-32-28-109-22-9-7-15-90-75-13-20-97(69-75)85-73(2)68-100-81(93-85)66-79(95-100)80-10-6-8-19-99(80)86(104)77-65-74(87)11-12-78(77)96-130(4,105)106/h1,11-12,65-68,75,80,90,96H,6-10,13-64,69-72,88H2,2-4H3,(H,91,101)(H,92,102)/b89-67?,94-76+/t75-,80-/m0/s1. The molecule has 2 aliphatic heterocycles. The number of ether oxygens (including phenoxy) is 23. The van der Waals surface area contributed by atoms with E-state index in [2.05, 4.69) is 41.6 Å². The Morgan fingerprint density at radius 1 is 0.554 bits per heavy atom. The minimum atomic E-state index is -3.64. The fourth-order valence-electron chi connectivity index (χ4n) is 12.4. The highest BCUT2D eigenvalue weighted by Gasteiger charge is 2.33. The van der Waals surface area contributed by atoms with Gasteiger partial charge in [0.25, 0.3) is 5.91 Å². The Morgan fingerprint density at radius 2 is 1.00 bits per heavy atom. The first-order valence-electron chi connectivity index (χ1n) is 44.8. The van der Waals surface area contributed by atoms with Crippen LogP contribution < -0.4 is 31.4 Å². The number of nitrogens with zero attached hydrogens (tertiary/aromatic N) is 8. The maximum atomic E-state index is 14.1. The molecule has 2 aromatic heterocycles. The average Bonchev–Trinajstić information content (AvgIpc) is 1.61. The second-order valence-corrected chi connectivity index (χ2v) is 31.4. The van der Waals surface area contributed by atoms with Crippen LogP contribution in [0.25, 0.3) is 5.65 Å². The van der Waals surface area contributed by atoms with Crippen LogP contribution in [0, 0.1) is 19.3 Å². The number of aromatic nitrogens is 3. The van der Waals surface area contributed by atoms with Gasteiger partial charge >= 0.3 is 0 Å². The van der Waals surface area contributed by atoms with Gasteiger partial charge in [0.15, 0.2) is 5.65 Å². The lowest BCUT2D eigenvalue weighted by Gasteiger charge is -2.35.